The van der Waals surface area contributed by atoms with Crippen LogP contribution in [-0.2, 0) is 0 Å². The third-order valence-electron chi connectivity index (χ3n) is 3.78. The van der Waals surface area contributed by atoms with Crippen LogP contribution in [0.2, 0.25) is 0 Å². The molecule has 2 aromatic carbocycles. The highest BCUT2D eigenvalue weighted by Gasteiger charge is 2.19. The van der Waals surface area contributed by atoms with E-state index in [1.165, 1.54) is 12.1 Å². The molecule has 0 amide bonds. The molecule has 0 atom stereocenters. The SMILES string of the molecule is Fc1ccc(N2CCN(C(=S)c3ccccc3)CC2)cc1. The van der Waals surface area contributed by atoms with E-state index in [0.717, 1.165) is 42.4 Å². The maximum atomic E-state index is 13.0. The summed E-state index contributed by atoms with van der Waals surface area (Å²) < 4.78 is 13.0. The minimum atomic E-state index is -0.192. The Kier molecular flexibility index (Phi) is 4.15. The first-order valence-electron chi connectivity index (χ1n) is 7.09. The second-order valence-electron chi connectivity index (χ2n) is 5.12. The van der Waals surface area contributed by atoms with Gasteiger partial charge in [0.2, 0.25) is 0 Å². The first kappa shape index (κ1) is 14.0. The topological polar surface area (TPSA) is 6.48 Å². The Morgan fingerprint density at radius 1 is 0.857 bits per heavy atom. The van der Waals surface area contributed by atoms with Gasteiger partial charge in [-0.15, -0.1) is 0 Å². The van der Waals surface area contributed by atoms with Gasteiger partial charge in [0, 0.05) is 37.4 Å². The summed E-state index contributed by atoms with van der Waals surface area (Å²) in [4.78, 5) is 5.42. The molecule has 0 radical (unpaired) electrons. The number of nitrogens with zero attached hydrogens (tertiary/aromatic N) is 2. The fraction of sp³-hybridized carbons (Fsp3) is 0.235. The number of benzene rings is 2. The predicted molar refractivity (Wildman–Crippen MR) is 88.3 cm³/mol. The summed E-state index contributed by atoms with van der Waals surface area (Å²) in [5, 5.41) is 0. The monoisotopic (exact) mass is 300 g/mol. The molecule has 0 bridgehead atoms. The molecule has 1 heterocycles. The number of piperazine rings is 1. The first-order valence-corrected chi connectivity index (χ1v) is 7.50. The van der Waals surface area contributed by atoms with Gasteiger partial charge in [0.25, 0.3) is 0 Å². The van der Waals surface area contributed by atoms with Crippen molar-refractivity contribution in [2.45, 2.75) is 0 Å². The summed E-state index contributed by atoms with van der Waals surface area (Å²) in [5.41, 5.74) is 2.17. The largest absolute Gasteiger partial charge is 0.368 e. The van der Waals surface area contributed by atoms with Gasteiger partial charge in [-0.1, -0.05) is 42.5 Å². The average molecular weight is 300 g/mol. The van der Waals surface area contributed by atoms with Gasteiger partial charge in [-0.25, -0.2) is 4.39 Å². The van der Waals surface area contributed by atoms with Crippen LogP contribution < -0.4 is 4.90 Å². The predicted octanol–water partition coefficient (Wildman–Crippen LogP) is 3.32. The zero-order valence-corrected chi connectivity index (χ0v) is 12.5. The fourth-order valence-corrected chi connectivity index (χ4v) is 2.90. The molecule has 1 aliphatic heterocycles. The van der Waals surface area contributed by atoms with Gasteiger partial charge in [-0.3, -0.25) is 0 Å². The molecule has 0 spiro atoms. The van der Waals surface area contributed by atoms with Gasteiger partial charge in [0.15, 0.2) is 0 Å². The molecule has 2 nitrogen and oxygen atoms in total. The summed E-state index contributed by atoms with van der Waals surface area (Å²) in [6.07, 6.45) is 0. The Morgan fingerprint density at radius 2 is 1.48 bits per heavy atom. The number of halogens is 1. The number of thiocarbonyl (C=S) groups is 1. The Labute approximate surface area is 129 Å². The number of hydrogen-bond donors (Lipinski definition) is 0. The van der Waals surface area contributed by atoms with E-state index in [9.17, 15) is 4.39 Å². The second kappa shape index (κ2) is 6.22. The lowest BCUT2D eigenvalue weighted by atomic mass is 10.2. The molecule has 2 aromatic rings. The molecular weight excluding hydrogens is 283 g/mol. The molecule has 3 rings (SSSR count). The molecule has 0 aromatic heterocycles. The lowest BCUT2D eigenvalue weighted by Crippen LogP contribution is -2.48. The lowest BCUT2D eigenvalue weighted by Gasteiger charge is -2.37. The van der Waals surface area contributed by atoms with Crippen LogP contribution in [0.4, 0.5) is 10.1 Å². The molecular formula is C17H17FN2S. The van der Waals surface area contributed by atoms with Crippen molar-refractivity contribution in [1.29, 1.82) is 0 Å². The Hall–Kier alpha value is -1.94. The van der Waals surface area contributed by atoms with Gasteiger partial charge in [0.1, 0.15) is 10.8 Å². The molecule has 0 N–H and O–H groups in total. The van der Waals surface area contributed by atoms with Gasteiger partial charge in [-0.05, 0) is 24.3 Å². The zero-order chi connectivity index (χ0) is 14.7. The van der Waals surface area contributed by atoms with Gasteiger partial charge >= 0.3 is 0 Å². The van der Waals surface area contributed by atoms with Gasteiger partial charge in [0.05, 0.1) is 0 Å². The summed E-state index contributed by atoms with van der Waals surface area (Å²) in [7, 11) is 0. The van der Waals surface area contributed by atoms with Crippen molar-refractivity contribution in [3.8, 4) is 0 Å². The summed E-state index contributed by atoms with van der Waals surface area (Å²) in [6.45, 7) is 3.59. The Morgan fingerprint density at radius 3 is 2.10 bits per heavy atom. The quantitative estimate of drug-likeness (QED) is 0.786. The van der Waals surface area contributed by atoms with Crippen LogP contribution in [0.25, 0.3) is 0 Å². The van der Waals surface area contributed by atoms with Crippen molar-refractivity contribution >= 4 is 22.9 Å². The first-order chi connectivity index (χ1) is 10.2. The third kappa shape index (κ3) is 3.22. The Balaban J connectivity index is 1.63. The molecule has 1 fully saturated rings. The van der Waals surface area contributed by atoms with Crippen LogP contribution in [-0.4, -0.2) is 36.1 Å². The fourth-order valence-electron chi connectivity index (χ4n) is 2.58. The Bertz CT molecular complexity index is 604. The molecule has 21 heavy (non-hydrogen) atoms. The molecule has 0 unspecified atom stereocenters. The molecule has 4 heteroatoms. The highest BCUT2D eigenvalue weighted by molar-refractivity contribution is 7.80. The maximum absolute atomic E-state index is 13.0. The molecule has 108 valence electrons. The summed E-state index contributed by atoms with van der Waals surface area (Å²) in [5.74, 6) is -0.192. The average Bonchev–Trinajstić information content (AvgIpc) is 2.56. The highest BCUT2D eigenvalue weighted by Crippen LogP contribution is 2.18. The van der Waals surface area contributed by atoms with Gasteiger partial charge in [-0.2, -0.15) is 0 Å². The van der Waals surface area contributed by atoms with Crippen LogP contribution in [0.1, 0.15) is 5.56 Å². The lowest BCUT2D eigenvalue weighted by molar-refractivity contribution is 0.392. The van der Waals surface area contributed by atoms with Crippen LogP contribution in [0.15, 0.2) is 54.6 Å². The highest BCUT2D eigenvalue weighted by atomic mass is 32.1. The maximum Gasteiger partial charge on any atom is 0.123 e. The van der Waals surface area contributed by atoms with E-state index in [-0.39, 0.29) is 5.82 Å². The van der Waals surface area contributed by atoms with E-state index in [2.05, 4.69) is 21.9 Å². The van der Waals surface area contributed by atoms with Crippen molar-refractivity contribution in [2.75, 3.05) is 31.1 Å². The van der Waals surface area contributed by atoms with Crippen LogP contribution >= 0.6 is 12.2 Å². The van der Waals surface area contributed by atoms with E-state index in [1.807, 2.05) is 30.3 Å². The van der Waals surface area contributed by atoms with Crippen LogP contribution in [0.3, 0.4) is 0 Å². The molecule has 1 saturated heterocycles. The minimum absolute atomic E-state index is 0.192. The van der Waals surface area contributed by atoms with E-state index in [0.29, 0.717) is 0 Å². The van der Waals surface area contributed by atoms with E-state index < -0.39 is 0 Å². The minimum Gasteiger partial charge on any atom is -0.368 e. The van der Waals surface area contributed by atoms with Crippen molar-refractivity contribution in [1.82, 2.24) is 4.90 Å². The van der Waals surface area contributed by atoms with Crippen molar-refractivity contribution < 1.29 is 4.39 Å². The van der Waals surface area contributed by atoms with E-state index in [4.69, 9.17) is 12.2 Å². The molecule has 0 saturated carbocycles. The van der Waals surface area contributed by atoms with E-state index in [1.54, 1.807) is 0 Å². The summed E-state index contributed by atoms with van der Waals surface area (Å²) in [6, 6.07) is 16.8. The van der Waals surface area contributed by atoms with E-state index >= 15 is 0 Å². The van der Waals surface area contributed by atoms with Crippen LogP contribution in [0, 0.1) is 5.82 Å². The van der Waals surface area contributed by atoms with Crippen molar-refractivity contribution in [3.05, 3.63) is 66.0 Å². The third-order valence-corrected chi connectivity index (χ3v) is 4.27. The van der Waals surface area contributed by atoms with Gasteiger partial charge < -0.3 is 9.80 Å². The van der Waals surface area contributed by atoms with Crippen LogP contribution in [0.5, 0.6) is 0 Å². The standard InChI is InChI=1S/C17H17FN2S/c18-15-6-8-16(9-7-15)19-10-12-20(13-11-19)17(21)14-4-2-1-3-5-14/h1-9H,10-13H2. The number of hydrogen-bond acceptors (Lipinski definition) is 2. The summed E-state index contributed by atoms with van der Waals surface area (Å²) >= 11 is 5.57. The normalized spacial score (nSPS) is 15.1. The smallest absolute Gasteiger partial charge is 0.123 e. The van der Waals surface area contributed by atoms with Crippen molar-refractivity contribution in [3.63, 3.8) is 0 Å². The molecule has 0 aliphatic carbocycles. The zero-order valence-electron chi connectivity index (χ0n) is 11.7. The van der Waals surface area contributed by atoms with Crippen molar-refractivity contribution in [2.24, 2.45) is 0 Å². The number of rotatable bonds is 2. The molecule has 1 aliphatic rings. The second-order valence-corrected chi connectivity index (χ2v) is 5.51. The number of anilines is 1.